The van der Waals surface area contributed by atoms with Crippen molar-refractivity contribution in [2.24, 2.45) is 5.92 Å². The molecule has 8 heteroatoms. The van der Waals surface area contributed by atoms with E-state index in [0.29, 0.717) is 0 Å². The minimum Gasteiger partial charge on any atom is -0.460 e. The molecule has 0 heterocycles. The predicted molar refractivity (Wildman–Crippen MR) is 80.5 cm³/mol. The first-order valence-corrected chi connectivity index (χ1v) is 8.22. The van der Waals surface area contributed by atoms with Crippen LogP contribution in [0.3, 0.4) is 0 Å². The van der Waals surface area contributed by atoms with Crippen LogP contribution in [0.15, 0.2) is 0 Å². The van der Waals surface area contributed by atoms with E-state index in [0.717, 1.165) is 0 Å². The van der Waals surface area contributed by atoms with Crippen LogP contribution in [-0.2, 0) is 20.5 Å². The van der Waals surface area contributed by atoms with Gasteiger partial charge in [0, 0.05) is 0 Å². The number of esters is 1. The summed E-state index contributed by atoms with van der Waals surface area (Å²) in [6.07, 6.45) is -4.79. The van der Waals surface area contributed by atoms with Crippen molar-refractivity contribution in [1.29, 1.82) is 0 Å². The molecule has 0 aromatic heterocycles. The summed E-state index contributed by atoms with van der Waals surface area (Å²) in [5, 5.41) is 0. The topological polar surface area (TPSA) is 55.4 Å². The standard InChI is InChI=1S/C14H26F3NO3S/c1-8-9(11(19)21-12(2,3)4)10(14(15,16)17)18-22(20)13(5,6)7/h9-10,18H,8H2,1-7H3/t9-,10-,22-/m1/s1. The Morgan fingerprint density at radius 2 is 1.59 bits per heavy atom. The second-order valence-electron chi connectivity index (χ2n) is 7.07. The third kappa shape index (κ3) is 7.09. The average molecular weight is 345 g/mol. The molecule has 0 rings (SSSR count). The van der Waals surface area contributed by atoms with E-state index in [4.69, 9.17) is 4.74 Å². The van der Waals surface area contributed by atoms with Crippen molar-refractivity contribution in [3.8, 4) is 0 Å². The molecule has 0 radical (unpaired) electrons. The van der Waals surface area contributed by atoms with Gasteiger partial charge in [-0.3, -0.25) is 4.79 Å². The van der Waals surface area contributed by atoms with E-state index in [1.165, 1.54) is 6.92 Å². The van der Waals surface area contributed by atoms with Crippen molar-refractivity contribution in [3.63, 3.8) is 0 Å². The minimum atomic E-state index is -4.71. The summed E-state index contributed by atoms with van der Waals surface area (Å²) in [5.74, 6) is -2.40. The lowest BCUT2D eigenvalue weighted by Gasteiger charge is -2.32. The number of rotatable bonds is 5. The van der Waals surface area contributed by atoms with Crippen molar-refractivity contribution >= 4 is 17.0 Å². The van der Waals surface area contributed by atoms with Crippen molar-refractivity contribution in [1.82, 2.24) is 4.72 Å². The van der Waals surface area contributed by atoms with Crippen LogP contribution in [0, 0.1) is 5.92 Å². The Balaban J connectivity index is 5.40. The van der Waals surface area contributed by atoms with E-state index in [-0.39, 0.29) is 6.42 Å². The van der Waals surface area contributed by atoms with Gasteiger partial charge in [-0.05, 0) is 48.0 Å². The number of nitrogens with one attached hydrogen (secondary N) is 1. The zero-order valence-electron chi connectivity index (χ0n) is 14.1. The first kappa shape index (κ1) is 21.4. The molecule has 0 amide bonds. The lowest BCUT2D eigenvalue weighted by atomic mass is 9.97. The molecule has 0 aliphatic rings. The second kappa shape index (κ2) is 7.29. The number of carbonyl (C=O) groups excluding carboxylic acids is 1. The Hall–Kier alpha value is -0.630. The van der Waals surface area contributed by atoms with E-state index in [9.17, 15) is 22.2 Å². The Labute approximate surface area is 132 Å². The smallest absolute Gasteiger partial charge is 0.405 e. The number of halogens is 3. The van der Waals surface area contributed by atoms with Crippen LogP contribution < -0.4 is 4.72 Å². The highest BCUT2D eigenvalue weighted by Crippen LogP contribution is 2.30. The number of ether oxygens (including phenoxy) is 1. The highest BCUT2D eigenvalue weighted by molar-refractivity contribution is 7.84. The fraction of sp³-hybridized carbons (Fsp3) is 0.929. The second-order valence-corrected chi connectivity index (χ2v) is 9.06. The third-order valence-electron chi connectivity index (χ3n) is 2.69. The molecule has 0 aromatic carbocycles. The molecule has 3 atom stereocenters. The molecule has 0 aromatic rings. The van der Waals surface area contributed by atoms with E-state index in [1.54, 1.807) is 41.5 Å². The van der Waals surface area contributed by atoms with Crippen LogP contribution in [-0.4, -0.2) is 32.7 Å². The summed E-state index contributed by atoms with van der Waals surface area (Å²) >= 11 is 0. The Kier molecular flexibility index (Phi) is 7.09. The lowest BCUT2D eigenvalue weighted by Crippen LogP contribution is -2.54. The molecule has 132 valence electrons. The van der Waals surface area contributed by atoms with Crippen LogP contribution in [0.25, 0.3) is 0 Å². The summed E-state index contributed by atoms with van der Waals surface area (Å²) in [5.41, 5.74) is -0.885. The Bertz CT molecular complexity index is 411. The molecule has 0 bridgehead atoms. The normalized spacial score (nSPS) is 17.7. The minimum absolute atomic E-state index is 0.0760. The average Bonchev–Trinajstić information content (AvgIpc) is 2.23. The van der Waals surface area contributed by atoms with Gasteiger partial charge in [-0.15, -0.1) is 0 Å². The molecule has 0 spiro atoms. The van der Waals surface area contributed by atoms with Crippen molar-refractivity contribution in [2.75, 3.05) is 0 Å². The summed E-state index contributed by atoms with van der Waals surface area (Å²) in [6.45, 7) is 10.9. The van der Waals surface area contributed by atoms with Crippen LogP contribution in [0.1, 0.15) is 54.9 Å². The fourth-order valence-corrected chi connectivity index (χ4v) is 2.47. The van der Waals surface area contributed by atoms with Gasteiger partial charge < -0.3 is 4.74 Å². The van der Waals surface area contributed by atoms with Crippen LogP contribution in [0.5, 0.6) is 0 Å². The fourth-order valence-electron chi connectivity index (χ4n) is 1.59. The molecular formula is C14H26F3NO3S. The summed E-state index contributed by atoms with van der Waals surface area (Å²) in [6, 6.07) is -2.22. The Morgan fingerprint density at radius 1 is 1.14 bits per heavy atom. The van der Waals surface area contributed by atoms with Crippen molar-refractivity contribution < 1.29 is 26.9 Å². The van der Waals surface area contributed by atoms with Crippen LogP contribution in [0.4, 0.5) is 13.2 Å². The predicted octanol–water partition coefficient (Wildman–Crippen LogP) is 3.34. The van der Waals surface area contributed by atoms with Crippen molar-refractivity contribution in [2.45, 2.75) is 77.5 Å². The zero-order chi connectivity index (χ0) is 17.9. The van der Waals surface area contributed by atoms with Crippen molar-refractivity contribution in [3.05, 3.63) is 0 Å². The third-order valence-corrected chi connectivity index (χ3v) is 4.27. The van der Waals surface area contributed by atoms with Gasteiger partial charge in [0.05, 0.1) is 21.7 Å². The number of hydrogen-bond acceptors (Lipinski definition) is 3. The highest BCUT2D eigenvalue weighted by atomic mass is 32.2. The van der Waals surface area contributed by atoms with Gasteiger partial charge in [-0.1, -0.05) is 6.92 Å². The SMILES string of the molecule is CC[C@@H](C(=O)OC(C)(C)C)[C@@H](N[S@](=O)C(C)(C)C)C(F)(F)F. The van der Waals surface area contributed by atoms with E-state index in [2.05, 4.69) is 4.72 Å². The van der Waals surface area contributed by atoms with Crippen LogP contribution >= 0.6 is 0 Å². The number of carbonyl (C=O) groups is 1. The molecule has 0 aliphatic carbocycles. The molecule has 0 fully saturated rings. The molecule has 4 nitrogen and oxygen atoms in total. The van der Waals surface area contributed by atoms with E-state index >= 15 is 0 Å². The van der Waals surface area contributed by atoms with Gasteiger partial charge in [-0.25, -0.2) is 8.93 Å². The Morgan fingerprint density at radius 3 is 1.86 bits per heavy atom. The monoisotopic (exact) mass is 345 g/mol. The molecule has 22 heavy (non-hydrogen) atoms. The number of alkyl halides is 3. The van der Waals surface area contributed by atoms with E-state index in [1.807, 2.05) is 0 Å². The maximum Gasteiger partial charge on any atom is 0.405 e. The van der Waals surface area contributed by atoms with Gasteiger partial charge in [-0.2, -0.15) is 13.2 Å². The molecule has 0 aliphatic heterocycles. The molecule has 0 unspecified atom stereocenters. The van der Waals surface area contributed by atoms with Crippen LogP contribution in [0.2, 0.25) is 0 Å². The van der Waals surface area contributed by atoms with Gasteiger partial charge in [0.25, 0.3) is 0 Å². The molecular weight excluding hydrogens is 319 g/mol. The van der Waals surface area contributed by atoms with Gasteiger partial charge in [0.15, 0.2) is 0 Å². The number of hydrogen-bond donors (Lipinski definition) is 1. The maximum atomic E-state index is 13.3. The zero-order valence-corrected chi connectivity index (χ0v) is 14.9. The summed E-state index contributed by atoms with van der Waals surface area (Å²) in [7, 11) is -1.95. The summed E-state index contributed by atoms with van der Waals surface area (Å²) in [4.78, 5) is 12.0. The first-order valence-electron chi connectivity index (χ1n) is 7.07. The van der Waals surface area contributed by atoms with Gasteiger partial charge >= 0.3 is 12.1 Å². The first-order chi connectivity index (χ1) is 9.59. The quantitative estimate of drug-likeness (QED) is 0.778. The molecule has 0 saturated heterocycles. The highest BCUT2D eigenvalue weighted by Gasteiger charge is 2.49. The lowest BCUT2D eigenvalue weighted by molar-refractivity contribution is -0.185. The molecule has 1 N–H and O–H groups in total. The van der Waals surface area contributed by atoms with Gasteiger partial charge in [0.1, 0.15) is 11.6 Å². The summed E-state index contributed by atoms with van der Waals surface area (Å²) < 4.78 is 58.1. The van der Waals surface area contributed by atoms with Gasteiger partial charge in [0.2, 0.25) is 0 Å². The molecule has 0 saturated carbocycles. The maximum absolute atomic E-state index is 13.3. The largest absolute Gasteiger partial charge is 0.460 e. The van der Waals surface area contributed by atoms with E-state index < -0.39 is 45.4 Å².